The summed E-state index contributed by atoms with van der Waals surface area (Å²) in [6, 6.07) is 74.4. The largest absolute Gasteiger partial charge is 0.490 e. The van der Waals surface area contributed by atoms with E-state index in [1.54, 1.807) is 172 Å². The van der Waals surface area contributed by atoms with E-state index in [9.17, 15) is 35.7 Å². The number of rotatable bonds is 42. The Morgan fingerprint density at radius 3 is 0.724 bits per heavy atom. The topological polar surface area (TPSA) is 290 Å². The van der Waals surface area contributed by atoms with Crippen molar-refractivity contribution in [3.8, 4) is 40.2 Å². The van der Waals surface area contributed by atoms with Crippen molar-refractivity contribution in [3.05, 3.63) is 297 Å². The Hall–Kier alpha value is -11.1. The Bertz CT molecular complexity index is 7610. The van der Waals surface area contributed by atoms with Crippen LogP contribution in [0.15, 0.2) is 297 Å². The fourth-order valence-electron chi connectivity index (χ4n) is 11.6. The highest BCUT2D eigenvalue weighted by atomic mass is 16.5. The minimum absolute atomic E-state index is 0.0784. The van der Waals surface area contributed by atoms with Gasteiger partial charge in [0.2, 0.25) is 0 Å². The maximum absolute atomic E-state index is 10.3. The van der Waals surface area contributed by atoms with Crippen molar-refractivity contribution in [1.82, 2.24) is 37.2 Å². The first-order valence-corrected chi connectivity index (χ1v) is 42.1. The molecule has 14 aromatic rings. The van der Waals surface area contributed by atoms with Crippen LogP contribution in [0.5, 0.6) is 40.2 Å². The van der Waals surface area contributed by atoms with Crippen LogP contribution in [0.3, 0.4) is 0 Å². The quantitative estimate of drug-likeness (QED) is 0.0169. The van der Waals surface area contributed by atoms with Gasteiger partial charge in [0, 0.05) is 171 Å². The first-order valence-electron chi connectivity index (χ1n) is 66.1. The molecule has 0 aliphatic rings. The van der Waals surface area contributed by atoms with Gasteiger partial charge in [-0.15, -0.1) is 0 Å². The molecule has 0 aromatic heterocycles. The first-order chi connectivity index (χ1) is 82.6. The predicted octanol–water partition coefficient (Wildman–Crippen LogP) is 19.4. The van der Waals surface area contributed by atoms with E-state index in [4.69, 9.17) is 98.3 Å². The van der Waals surface area contributed by atoms with E-state index < -0.39 is 197 Å². The molecular weight excluding hydrogens is 1680 g/mol. The maximum atomic E-state index is 10.3. The smallest absolute Gasteiger partial charge is 0.127 e. The van der Waals surface area contributed by atoms with Crippen LogP contribution in [0, 0.1) is 0 Å². The Morgan fingerprint density at radius 2 is 0.448 bits per heavy atom. The molecule has 0 heterocycles. The summed E-state index contributed by atoms with van der Waals surface area (Å²) in [5, 5.41) is 97.5. The van der Waals surface area contributed by atoms with Gasteiger partial charge in [-0.1, -0.05) is 359 Å². The van der Waals surface area contributed by atoms with Crippen LogP contribution >= 0.6 is 0 Å². The molecule has 0 radical (unpaired) electrons. The van der Waals surface area contributed by atoms with Crippen LogP contribution in [0.1, 0.15) is 169 Å². The lowest BCUT2D eigenvalue weighted by Crippen LogP contribution is -2.35. The average Bonchev–Trinajstić information content (AvgIpc) is 0.748. The third-order valence-corrected chi connectivity index (χ3v) is 17.7. The van der Waals surface area contributed by atoms with Crippen molar-refractivity contribution in [2.45, 2.75) is 189 Å². The number of fused-ring (bicyclic) bond motifs is 7. The number of aliphatic hydroxyl groups excluding tert-OH is 3. The SMILES string of the molecule is [2H]C.[2H]C(C)(C)NC([2H])([2H])C(O)C([2H])([2H])Oc1cccc2ccccc12.[2H]C(C)(C)NC([2H])([2H])C([2H])(O)C([2H])([2H])Oc1cccc2ccccc12.[2H]C(C)(C)NC([2H])([2H])C([2H])(O)COc1cccc2ccccc12.[2H]C(C)(C)NCC([2H])(O)C([2H])([2H])Oc1cccc2ccccc12.[2H]C([2H])(NC([2H])(C)C([2H])([2H])[2H])C(O)C([2H])([2H])Oc1cccc2ccccc12.[2H]C([2H])(NC([2H])(C)C([2H])([2H])[2H])C(O)COc1cccc2ccccc12.[2H]C([2H])([2H])C([2H])(C)NCC([2H])(O)C([2H])([2H])Oc1cccc2ccccc12.[2H][2H].[2H][2H].[2H][2H]. The van der Waals surface area contributed by atoms with Crippen molar-refractivity contribution >= 4 is 75.4 Å². The summed E-state index contributed by atoms with van der Waals surface area (Å²) in [7, 11) is 1.25. The van der Waals surface area contributed by atoms with E-state index in [2.05, 4.69) is 31.9 Å². The van der Waals surface area contributed by atoms with Gasteiger partial charge in [-0.2, -0.15) is 0 Å². The highest BCUT2D eigenvalue weighted by Crippen LogP contribution is 2.32. The van der Waals surface area contributed by atoms with E-state index in [0.717, 1.165) is 69.2 Å². The molecular formula is C113H157N7O14. The summed E-state index contributed by atoms with van der Waals surface area (Å²) >= 11 is 0. The predicted molar refractivity (Wildman–Crippen MR) is 563 cm³/mol. The molecule has 21 heteroatoms. The lowest BCUT2D eigenvalue weighted by atomic mass is 10.1. The average molecular weight is 1880 g/mol. The summed E-state index contributed by atoms with van der Waals surface area (Å²) in [5.41, 5.74) is 0. The van der Waals surface area contributed by atoms with Gasteiger partial charge < -0.3 is 106 Å². The highest BCUT2D eigenvalue weighted by Gasteiger charge is 2.16. The monoisotopic (exact) mass is 1880 g/mol. The highest BCUT2D eigenvalue weighted by molar-refractivity contribution is 5.93. The Labute approximate surface area is 862 Å². The summed E-state index contributed by atoms with van der Waals surface area (Å²) in [6.45, 7) is -23.9. The molecule has 14 aromatic carbocycles. The Balaban J connectivity index is 0.000000432. The van der Waals surface area contributed by atoms with Crippen LogP contribution in [-0.2, 0) is 0 Å². The number of benzene rings is 14. The van der Waals surface area contributed by atoms with Gasteiger partial charge in [0.05, 0.1) is 19.2 Å². The van der Waals surface area contributed by atoms with Crippen molar-refractivity contribution in [1.29, 1.82) is 0 Å². The van der Waals surface area contributed by atoms with E-state index in [-0.39, 0.29) is 28.7 Å². The van der Waals surface area contributed by atoms with E-state index in [0.29, 0.717) is 38.4 Å². The Kier molecular flexibility index (Phi) is 27.8. The van der Waals surface area contributed by atoms with E-state index >= 15 is 0 Å². The zero-order valence-corrected chi connectivity index (χ0v) is 76.8. The molecule has 0 saturated carbocycles. The maximum Gasteiger partial charge on any atom is 0.127 e. The fraction of sp³-hybridized carbons (Fsp3) is 0.381. The molecule has 0 aliphatic carbocycles. The molecule has 0 aliphatic heterocycles. The van der Waals surface area contributed by atoms with Gasteiger partial charge in [-0.05, 0) is 80.2 Å². The van der Waals surface area contributed by atoms with E-state index in [1.807, 2.05) is 127 Å². The number of aliphatic hydroxyl groups is 7. The summed E-state index contributed by atoms with van der Waals surface area (Å²) in [4.78, 5) is 0. The van der Waals surface area contributed by atoms with Crippen molar-refractivity contribution in [2.75, 3.05) is 91.6 Å². The molecule has 134 heavy (non-hydrogen) atoms. The first kappa shape index (κ1) is 61.1. The number of nitrogens with one attached hydrogen (secondary N) is 7. The zero-order valence-electron chi connectivity index (χ0n) is 124. The number of hydrogen-bond donors (Lipinski definition) is 14. The molecule has 0 fully saturated rings. The lowest BCUT2D eigenvalue weighted by Gasteiger charge is -2.15. The van der Waals surface area contributed by atoms with Gasteiger partial charge in [-0.3, -0.25) is 0 Å². The second-order valence-electron chi connectivity index (χ2n) is 29.9. The van der Waals surface area contributed by atoms with Crippen LogP contribution < -0.4 is 70.4 Å². The molecule has 14 rings (SSSR count). The Morgan fingerprint density at radius 1 is 0.246 bits per heavy atom. The third-order valence-electron chi connectivity index (χ3n) is 17.7. The molecule has 10 atom stereocenters. The van der Waals surface area contributed by atoms with Gasteiger partial charge in [0.1, 0.15) is 129 Å². The van der Waals surface area contributed by atoms with Crippen molar-refractivity contribution in [2.24, 2.45) is 0 Å². The fourth-order valence-corrected chi connectivity index (χ4v) is 11.6. The minimum atomic E-state index is -3.32. The van der Waals surface area contributed by atoms with Gasteiger partial charge >= 0.3 is 0 Å². The minimum Gasteiger partial charge on any atom is -0.490 e. The second kappa shape index (κ2) is 61.0. The number of hydrogen-bond acceptors (Lipinski definition) is 21. The lowest BCUT2D eigenvalue weighted by molar-refractivity contribution is 0.105. The summed E-state index contributed by atoms with van der Waals surface area (Å²) in [6.07, 6.45) is -17.5. The van der Waals surface area contributed by atoms with Crippen LogP contribution in [0.4, 0.5) is 0 Å². The number of ether oxygens (including phenoxy) is 7. The third kappa shape index (κ3) is 41.0. The molecule has 0 spiro atoms. The van der Waals surface area contributed by atoms with Gasteiger partial charge in [-0.25, -0.2) is 0 Å². The standard InChI is InChI=1S/7C16H21NO2.CH4.3H2/c7*1-12(2)17-10-14(18)11-19-16-9-5-7-13-6-3-4-8-15(13)16;;;;/h7*3-9,12,14,17-18H,10-11H2,1-2H3;1H4;3*1H/i10D2,11D2,12D,14D;1D3,11D2,12D,14D;1D3,10D2,11D2,12D;11D2,12D,14D;10D2,12D,14D;10D2,11D2,12D;1D3,10D2,12D;1D;3*1+1D. The van der Waals surface area contributed by atoms with Crippen LogP contribution in [0.25, 0.3) is 75.4 Å². The van der Waals surface area contributed by atoms with Crippen LogP contribution in [0.2, 0.25) is 0 Å². The van der Waals surface area contributed by atoms with Crippen molar-refractivity contribution in [3.63, 3.8) is 0 Å². The molecule has 0 bridgehead atoms. The summed E-state index contributed by atoms with van der Waals surface area (Å²) < 4.78 is 383. The van der Waals surface area contributed by atoms with Gasteiger partial charge in [0.25, 0.3) is 0 Å². The second-order valence-corrected chi connectivity index (χ2v) is 29.9. The zero-order chi connectivity index (χ0) is 139. The molecule has 0 amide bonds. The normalized spacial score (nSPS) is 21.3. The summed E-state index contributed by atoms with van der Waals surface area (Å²) in [5.74, 6) is 1.73. The van der Waals surface area contributed by atoms with E-state index in [1.165, 1.54) is 67.1 Å². The molecule has 0 saturated heterocycles. The van der Waals surface area contributed by atoms with Crippen LogP contribution in [-0.4, -0.2) is 212 Å². The molecule has 728 valence electrons. The van der Waals surface area contributed by atoms with Crippen molar-refractivity contribution < 1.29 is 134 Å². The molecule has 21 nitrogen and oxygen atoms in total. The molecule has 10 unspecified atom stereocenters. The van der Waals surface area contributed by atoms with Gasteiger partial charge in [0.15, 0.2) is 0 Å². The molecule has 14 N–H and O–H groups in total.